The summed E-state index contributed by atoms with van der Waals surface area (Å²) in [6.45, 7) is 7.02. The Hall–Kier alpha value is -2.85. The summed E-state index contributed by atoms with van der Waals surface area (Å²) in [7, 11) is 0. The van der Waals surface area contributed by atoms with Crippen molar-refractivity contribution >= 4 is 17.6 Å². The van der Waals surface area contributed by atoms with Gasteiger partial charge in [-0.25, -0.2) is 4.79 Å². The van der Waals surface area contributed by atoms with Crippen molar-refractivity contribution in [1.82, 2.24) is 5.32 Å². The molecule has 0 unspecified atom stereocenters. The molecule has 7 heteroatoms. The van der Waals surface area contributed by atoms with Crippen LogP contribution in [0.15, 0.2) is 36.0 Å². The van der Waals surface area contributed by atoms with Gasteiger partial charge in [-0.3, -0.25) is 4.79 Å². The normalized spacial score (nSPS) is 11.0. The number of amides is 1. The Morgan fingerprint density at radius 1 is 1.31 bits per heavy atom. The number of nitriles is 1. The number of esters is 1. The van der Waals surface area contributed by atoms with Gasteiger partial charge < -0.3 is 20.1 Å². The number of ether oxygens (including phenoxy) is 2. The first kappa shape index (κ1) is 21.2. The lowest BCUT2D eigenvalue weighted by Gasteiger charge is -2.10. The van der Waals surface area contributed by atoms with Crippen molar-refractivity contribution < 1.29 is 19.1 Å². The highest BCUT2D eigenvalue weighted by atomic mass is 16.5. The Morgan fingerprint density at radius 3 is 2.69 bits per heavy atom. The van der Waals surface area contributed by atoms with Crippen LogP contribution in [0.2, 0.25) is 0 Å². The molecular weight excluding hydrogens is 334 g/mol. The van der Waals surface area contributed by atoms with Crippen LogP contribution in [0.1, 0.15) is 37.6 Å². The molecule has 0 atom stereocenters. The van der Waals surface area contributed by atoms with E-state index in [1.54, 1.807) is 31.2 Å². The number of benzene rings is 1. The predicted octanol–water partition coefficient (Wildman–Crippen LogP) is 2.61. The molecule has 1 aromatic rings. The highest BCUT2D eigenvalue weighted by Crippen LogP contribution is 2.17. The maximum atomic E-state index is 12.3. The number of anilines is 1. The monoisotopic (exact) mass is 359 g/mol. The van der Waals surface area contributed by atoms with Crippen molar-refractivity contribution in [2.45, 2.75) is 33.3 Å². The molecule has 0 saturated heterocycles. The number of para-hydroxylation sites is 1. The molecule has 26 heavy (non-hydrogen) atoms. The molecule has 0 radical (unpaired) electrons. The minimum Gasteiger partial charge on any atom is -0.462 e. The third-order valence-electron chi connectivity index (χ3n) is 3.20. The highest BCUT2D eigenvalue weighted by molar-refractivity contribution is 6.09. The third kappa shape index (κ3) is 7.36. The van der Waals surface area contributed by atoms with Gasteiger partial charge in [0.2, 0.25) is 0 Å². The van der Waals surface area contributed by atoms with E-state index in [0.29, 0.717) is 18.8 Å². The second-order valence-corrected chi connectivity index (χ2v) is 5.62. The van der Waals surface area contributed by atoms with Crippen LogP contribution < -0.4 is 10.6 Å². The average molecular weight is 359 g/mol. The molecule has 0 spiro atoms. The van der Waals surface area contributed by atoms with Crippen LogP contribution in [0, 0.1) is 11.3 Å². The van der Waals surface area contributed by atoms with Gasteiger partial charge in [-0.15, -0.1) is 0 Å². The molecule has 7 nitrogen and oxygen atoms in total. The quantitative estimate of drug-likeness (QED) is 0.288. The van der Waals surface area contributed by atoms with Crippen LogP contribution >= 0.6 is 0 Å². The lowest BCUT2D eigenvalue weighted by Crippen LogP contribution is -2.19. The minimum atomic E-state index is -0.602. The Morgan fingerprint density at radius 2 is 2.04 bits per heavy atom. The van der Waals surface area contributed by atoms with Gasteiger partial charge in [0.05, 0.1) is 24.0 Å². The van der Waals surface area contributed by atoms with E-state index in [-0.39, 0.29) is 23.8 Å². The van der Waals surface area contributed by atoms with Crippen LogP contribution in [0.4, 0.5) is 5.69 Å². The van der Waals surface area contributed by atoms with Crippen molar-refractivity contribution in [3.05, 3.63) is 41.6 Å². The molecule has 1 rings (SSSR count). The van der Waals surface area contributed by atoms with E-state index in [1.807, 2.05) is 19.9 Å². The van der Waals surface area contributed by atoms with Crippen LogP contribution in [0.5, 0.6) is 0 Å². The average Bonchev–Trinajstić information content (AvgIpc) is 2.61. The number of carbonyl (C=O) groups is 2. The van der Waals surface area contributed by atoms with E-state index < -0.39 is 11.9 Å². The van der Waals surface area contributed by atoms with Crippen LogP contribution in [0.3, 0.4) is 0 Å². The minimum absolute atomic E-state index is 0.0894. The second kappa shape index (κ2) is 11.7. The van der Waals surface area contributed by atoms with Crippen molar-refractivity contribution in [3.63, 3.8) is 0 Å². The first-order valence-electron chi connectivity index (χ1n) is 8.52. The maximum Gasteiger partial charge on any atom is 0.340 e. The van der Waals surface area contributed by atoms with E-state index in [1.165, 1.54) is 6.20 Å². The molecule has 1 amide bonds. The summed E-state index contributed by atoms with van der Waals surface area (Å²) in [5.74, 6) is -1.13. The molecule has 0 aliphatic carbocycles. The Bertz CT molecular complexity index is 678. The fraction of sp³-hybridized carbons (Fsp3) is 0.421. The van der Waals surface area contributed by atoms with Crippen LogP contribution in [-0.2, 0) is 14.3 Å². The molecule has 0 aliphatic rings. The second-order valence-electron chi connectivity index (χ2n) is 5.62. The van der Waals surface area contributed by atoms with E-state index in [9.17, 15) is 14.9 Å². The standard InChI is InChI=1S/C19H25N3O4/c1-4-25-19(24)16-8-5-6-9-17(16)22-18(23)15(12-20)13-21-10-7-11-26-14(2)3/h5-6,8-9,13-14,21H,4,7,10-11H2,1-3H3,(H,22,23)/b15-13-. The summed E-state index contributed by atoms with van der Waals surface area (Å²) >= 11 is 0. The summed E-state index contributed by atoms with van der Waals surface area (Å²) in [6, 6.07) is 8.33. The van der Waals surface area contributed by atoms with Crippen molar-refractivity contribution in [2.75, 3.05) is 25.1 Å². The SMILES string of the molecule is CCOC(=O)c1ccccc1NC(=O)/C(C#N)=C\NCCCOC(C)C. The molecule has 1 aromatic carbocycles. The number of hydrogen-bond acceptors (Lipinski definition) is 6. The van der Waals surface area contributed by atoms with E-state index >= 15 is 0 Å². The van der Waals surface area contributed by atoms with Gasteiger partial charge in [-0.2, -0.15) is 5.26 Å². The number of nitrogens with one attached hydrogen (secondary N) is 2. The van der Waals surface area contributed by atoms with Crippen molar-refractivity contribution in [1.29, 1.82) is 5.26 Å². The van der Waals surface area contributed by atoms with E-state index in [0.717, 1.165) is 6.42 Å². The van der Waals surface area contributed by atoms with Crippen LogP contribution in [0.25, 0.3) is 0 Å². The first-order valence-corrected chi connectivity index (χ1v) is 8.52. The predicted molar refractivity (Wildman–Crippen MR) is 98.4 cm³/mol. The molecular formula is C19H25N3O4. The molecule has 140 valence electrons. The number of hydrogen-bond donors (Lipinski definition) is 2. The van der Waals surface area contributed by atoms with E-state index in [4.69, 9.17) is 9.47 Å². The molecule has 0 heterocycles. The summed E-state index contributed by atoms with van der Waals surface area (Å²) in [6.07, 6.45) is 2.28. The molecule has 0 aliphatic heterocycles. The largest absolute Gasteiger partial charge is 0.462 e. The lowest BCUT2D eigenvalue weighted by molar-refractivity contribution is -0.112. The topological polar surface area (TPSA) is 100 Å². The van der Waals surface area contributed by atoms with Gasteiger partial charge in [-0.1, -0.05) is 12.1 Å². The Balaban J connectivity index is 2.66. The zero-order chi connectivity index (χ0) is 19.4. The van der Waals surface area contributed by atoms with Gasteiger partial charge in [0.25, 0.3) is 5.91 Å². The number of nitrogens with zero attached hydrogens (tertiary/aromatic N) is 1. The Kier molecular flexibility index (Phi) is 9.50. The molecule has 0 saturated carbocycles. The van der Waals surface area contributed by atoms with Gasteiger partial charge >= 0.3 is 5.97 Å². The van der Waals surface area contributed by atoms with Gasteiger partial charge in [0.15, 0.2) is 0 Å². The Labute approximate surface area is 154 Å². The van der Waals surface area contributed by atoms with Gasteiger partial charge in [-0.05, 0) is 39.3 Å². The van der Waals surface area contributed by atoms with Crippen molar-refractivity contribution in [2.24, 2.45) is 0 Å². The fourth-order valence-corrected chi connectivity index (χ4v) is 1.98. The smallest absolute Gasteiger partial charge is 0.340 e. The summed E-state index contributed by atoms with van der Waals surface area (Å²) in [5.41, 5.74) is 0.439. The van der Waals surface area contributed by atoms with Gasteiger partial charge in [0, 0.05) is 19.4 Å². The maximum absolute atomic E-state index is 12.3. The molecule has 2 N–H and O–H groups in total. The summed E-state index contributed by atoms with van der Waals surface area (Å²) in [4.78, 5) is 24.2. The lowest BCUT2D eigenvalue weighted by atomic mass is 10.1. The summed E-state index contributed by atoms with van der Waals surface area (Å²) in [5, 5.41) is 14.7. The highest BCUT2D eigenvalue weighted by Gasteiger charge is 2.16. The van der Waals surface area contributed by atoms with E-state index in [2.05, 4.69) is 10.6 Å². The zero-order valence-corrected chi connectivity index (χ0v) is 15.4. The van der Waals surface area contributed by atoms with Crippen LogP contribution in [-0.4, -0.2) is 37.7 Å². The third-order valence-corrected chi connectivity index (χ3v) is 3.20. The number of rotatable bonds is 10. The van der Waals surface area contributed by atoms with Gasteiger partial charge in [0.1, 0.15) is 11.6 Å². The summed E-state index contributed by atoms with van der Waals surface area (Å²) < 4.78 is 10.4. The molecule has 0 bridgehead atoms. The number of carbonyl (C=O) groups excluding carboxylic acids is 2. The van der Waals surface area contributed by atoms with Crippen molar-refractivity contribution in [3.8, 4) is 6.07 Å². The zero-order valence-electron chi connectivity index (χ0n) is 15.4. The molecule has 0 fully saturated rings. The fourth-order valence-electron chi connectivity index (χ4n) is 1.98. The molecule has 0 aromatic heterocycles. The first-order chi connectivity index (χ1) is 12.5.